The molecule has 1 atom stereocenters. The van der Waals surface area contributed by atoms with E-state index in [1.165, 1.54) is 13.2 Å². The highest BCUT2D eigenvalue weighted by atomic mass is 16.5. The molecule has 0 aliphatic rings. The van der Waals surface area contributed by atoms with Crippen LogP contribution >= 0.6 is 0 Å². The lowest BCUT2D eigenvalue weighted by molar-refractivity contribution is -0.147. The van der Waals surface area contributed by atoms with E-state index in [4.69, 9.17) is 9.47 Å². The molecule has 3 rings (SSSR count). The van der Waals surface area contributed by atoms with Crippen molar-refractivity contribution in [3.63, 3.8) is 0 Å². The Labute approximate surface area is 180 Å². The summed E-state index contributed by atoms with van der Waals surface area (Å²) in [4.78, 5) is 39.4. The van der Waals surface area contributed by atoms with Crippen molar-refractivity contribution in [3.8, 4) is 0 Å². The lowest BCUT2D eigenvalue weighted by Gasteiger charge is -2.16. The molecule has 0 unspecified atom stereocenters. The maximum atomic E-state index is 12.3. The molecule has 2 aromatic carbocycles. The molecule has 1 heterocycles. The minimum absolute atomic E-state index is 0.240. The average molecular weight is 420 g/mol. The van der Waals surface area contributed by atoms with Gasteiger partial charge in [0.25, 0.3) is 5.91 Å². The molecule has 3 aromatic rings. The van der Waals surface area contributed by atoms with Crippen molar-refractivity contribution in [1.82, 2.24) is 10.3 Å². The number of aromatic nitrogens is 1. The number of para-hydroxylation sites is 1. The zero-order chi connectivity index (χ0) is 22.2. The highest BCUT2D eigenvalue weighted by molar-refractivity contribution is 5.91. The van der Waals surface area contributed by atoms with Crippen LogP contribution in [0.3, 0.4) is 0 Å². The van der Waals surface area contributed by atoms with Gasteiger partial charge >= 0.3 is 11.9 Å². The van der Waals surface area contributed by atoms with Gasteiger partial charge in [0, 0.05) is 29.6 Å². The molecule has 0 bridgehead atoms. The summed E-state index contributed by atoms with van der Waals surface area (Å²) in [7, 11) is 1.26. The lowest BCUT2D eigenvalue weighted by atomic mass is 10.0. The van der Waals surface area contributed by atoms with Gasteiger partial charge in [0.05, 0.1) is 7.11 Å². The number of carbonyl (C=O) groups excluding carboxylic acids is 3. The van der Waals surface area contributed by atoms with Gasteiger partial charge in [-0.1, -0.05) is 48.0 Å². The number of nitrogens with one attached hydrogen (secondary N) is 2. The molecule has 7 nitrogen and oxygen atoms in total. The Bertz CT molecular complexity index is 1100. The number of rotatable bonds is 8. The summed E-state index contributed by atoms with van der Waals surface area (Å²) in [6.07, 6.45) is 4.89. The number of methoxy groups -OCH3 is 1. The maximum absolute atomic E-state index is 12.3. The Morgan fingerprint density at radius 1 is 1.10 bits per heavy atom. The van der Waals surface area contributed by atoms with Crippen molar-refractivity contribution in [1.29, 1.82) is 0 Å². The predicted octanol–water partition coefficient (Wildman–Crippen LogP) is 2.93. The first-order chi connectivity index (χ1) is 15.0. The molecule has 0 radical (unpaired) electrons. The van der Waals surface area contributed by atoms with Gasteiger partial charge in [0.15, 0.2) is 6.61 Å². The molecule has 0 aliphatic heterocycles. The van der Waals surface area contributed by atoms with Crippen molar-refractivity contribution < 1.29 is 23.9 Å². The average Bonchev–Trinajstić information content (AvgIpc) is 3.19. The summed E-state index contributed by atoms with van der Waals surface area (Å²) in [5.74, 6) is -1.82. The smallest absolute Gasteiger partial charge is 0.331 e. The van der Waals surface area contributed by atoms with E-state index < -0.39 is 30.5 Å². The second kappa shape index (κ2) is 10.2. The fourth-order valence-electron chi connectivity index (χ4n) is 3.12. The molecule has 31 heavy (non-hydrogen) atoms. The Morgan fingerprint density at radius 2 is 1.84 bits per heavy atom. The first-order valence-electron chi connectivity index (χ1n) is 9.80. The molecule has 1 amide bonds. The van der Waals surface area contributed by atoms with Crippen LogP contribution in [0.4, 0.5) is 0 Å². The third-order valence-electron chi connectivity index (χ3n) is 4.75. The van der Waals surface area contributed by atoms with Crippen LogP contribution in [0.15, 0.2) is 60.8 Å². The van der Waals surface area contributed by atoms with Gasteiger partial charge in [-0.3, -0.25) is 4.79 Å². The molecular weight excluding hydrogens is 396 g/mol. The largest absolute Gasteiger partial charge is 0.467 e. The van der Waals surface area contributed by atoms with Crippen molar-refractivity contribution in [3.05, 3.63) is 77.5 Å². The summed E-state index contributed by atoms with van der Waals surface area (Å²) < 4.78 is 9.79. The maximum Gasteiger partial charge on any atom is 0.331 e. The fourth-order valence-corrected chi connectivity index (χ4v) is 3.12. The summed E-state index contributed by atoms with van der Waals surface area (Å²) in [6, 6.07) is 14.4. The van der Waals surface area contributed by atoms with Crippen LogP contribution in [-0.4, -0.2) is 42.6 Å². The number of hydrogen-bond donors (Lipinski definition) is 2. The summed E-state index contributed by atoms with van der Waals surface area (Å²) in [5.41, 5.74) is 3.76. The molecule has 0 spiro atoms. The summed E-state index contributed by atoms with van der Waals surface area (Å²) >= 11 is 0. The predicted molar refractivity (Wildman–Crippen MR) is 117 cm³/mol. The number of benzene rings is 2. The van der Waals surface area contributed by atoms with Gasteiger partial charge in [0.2, 0.25) is 0 Å². The van der Waals surface area contributed by atoms with E-state index >= 15 is 0 Å². The Morgan fingerprint density at radius 3 is 2.58 bits per heavy atom. The third kappa shape index (κ3) is 6.05. The van der Waals surface area contributed by atoms with Crippen LogP contribution in [0.2, 0.25) is 0 Å². The number of amides is 1. The first kappa shape index (κ1) is 21.8. The van der Waals surface area contributed by atoms with Crippen molar-refractivity contribution in [2.24, 2.45) is 0 Å². The molecule has 1 aromatic heterocycles. The second-order valence-corrected chi connectivity index (χ2v) is 7.06. The number of fused-ring (bicyclic) bond motifs is 1. The molecule has 0 saturated carbocycles. The van der Waals surface area contributed by atoms with Gasteiger partial charge in [-0.15, -0.1) is 0 Å². The van der Waals surface area contributed by atoms with Gasteiger partial charge in [-0.05, 0) is 30.2 Å². The molecule has 7 heteroatoms. The van der Waals surface area contributed by atoms with Crippen LogP contribution in [0, 0.1) is 6.92 Å². The van der Waals surface area contributed by atoms with E-state index in [1.54, 1.807) is 12.3 Å². The van der Waals surface area contributed by atoms with Gasteiger partial charge < -0.3 is 19.8 Å². The van der Waals surface area contributed by atoms with E-state index in [9.17, 15) is 14.4 Å². The number of esters is 2. The molecule has 0 aliphatic carbocycles. The number of ether oxygens (including phenoxy) is 2. The number of aromatic amines is 1. The van der Waals surface area contributed by atoms with Crippen molar-refractivity contribution in [2.45, 2.75) is 19.4 Å². The lowest BCUT2D eigenvalue weighted by Crippen LogP contribution is -2.44. The molecule has 2 N–H and O–H groups in total. The number of carbonyl (C=O) groups is 3. The number of H-pyrrole nitrogens is 1. The van der Waals surface area contributed by atoms with Crippen molar-refractivity contribution in [2.75, 3.05) is 13.7 Å². The minimum Gasteiger partial charge on any atom is -0.467 e. The SMILES string of the molecule is COC(=O)[C@@H](Cc1c[nH]c2ccccc12)NC(=O)COC(=O)/C=C/c1ccc(C)cc1. The Hall–Kier alpha value is -3.87. The molecule has 160 valence electrons. The summed E-state index contributed by atoms with van der Waals surface area (Å²) in [5, 5.41) is 3.53. The van der Waals surface area contributed by atoms with E-state index in [-0.39, 0.29) is 6.42 Å². The zero-order valence-corrected chi connectivity index (χ0v) is 17.4. The second-order valence-electron chi connectivity index (χ2n) is 7.06. The summed E-state index contributed by atoms with van der Waals surface area (Å²) in [6.45, 7) is 1.47. The monoisotopic (exact) mass is 420 g/mol. The third-order valence-corrected chi connectivity index (χ3v) is 4.75. The quantitative estimate of drug-likeness (QED) is 0.431. The standard InChI is InChI=1S/C24H24N2O5/c1-16-7-9-17(10-8-16)11-12-23(28)31-15-22(27)26-21(24(29)30-2)13-18-14-25-20-6-4-3-5-19(18)20/h3-12,14,21,25H,13,15H2,1-2H3,(H,26,27)/b12-11+/t21-/m1/s1. The Kier molecular flexibility index (Phi) is 7.22. The normalized spacial score (nSPS) is 11.9. The van der Waals surface area contributed by atoms with E-state index in [1.807, 2.05) is 55.5 Å². The van der Waals surface area contributed by atoms with Gasteiger partial charge in [-0.25, -0.2) is 9.59 Å². The molecule has 0 fully saturated rings. The van der Waals surface area contributed by atoms with Crippen LogP contribution in [0.1, 0.15) is 16.7 Å². The van der Waals surface area contributed by atoms with Crippen LogP contribution in [0.25, 0.3) is 17.0 Å². The van der Waals surface area contributed by atoms with E-state index in [0.29, 0.717) is 0 Å². The highest BCUT2D eigenvalue weighted by Gasteiger charge is 2.23. The first-order valence-corrected chi connectivity index (χ1v) is 9.80. The van der Waals surface area contributed by atoms with Gasteiger partial charge in [0.1, 0.15) is 6.04 Å². The van der Waals surface area contributed by atoms with E-state index in [0.717, 1.165) is 27.6 Å². The number of aryl methyl sites for hydroxylation is 1. The topological polar surface area (TPSA) is 97.5 Å². The minimum atomic E-state index is -0.904. The van der Waals surface area contributed by atoms with Crippen LogP contribution in [-0.2, 0) is 30.3 Å². The van der Waals surface area contributed by atoms with Crippen LogP contribution < -0.4 is 5.32 Å². The van der Waals surface area contributed by atoms with Crippen LogP contribution in [0.5, 0.6) is 0 Å². The number of hydrogen-bond acceptors (Lipinski definition) is 5. The Balaban J connectivity index is 1.56. The zero-order valence-electron chi connectivity index (χ0n) is 17.4. The fraction of sp³-hybridized carbons (Fsp3) is 0.208. The van der Waals surface area contributed by atoms with Gasteiger partial charge in [-0.2, -0.15) is 0 Å². The van der Waals surface area contributed by atoms with E-state index in [2.05, 4.69) is 10.3 Å². The van der Waals surface area contributed by atoms with Crippen molar-refractivity contribution >= 4 is 34.8 Å². The molecular formula is C24H24N2O5. The highest BCUT2D eigenvalue weighted by Crippen LogP contribution is 2.19. The molecule has 0 saturated heterocycles.